The third kappa shape index (κ3) is 5.92. The minimum atomic E-state index is -1.38. The minimum Gasteiger partial charge on any atom is -0.449 e. The van der Waals surface area contributed by atoms with E-state index in [1.807, 2.05) is 31.2 Å². The fourth-order valence-corrected chi connectivity index (χ4v) is 4.54. The Kier molecular flexibility index (Phi) is 7.93. The average molecular weight is 535 g/mol. The Balaban J connectivity index is 1.72. The van der Waals surface area contributed by atoms with Crippen LogP contribution in [0.5, 0.6) is 5.75 Å². The van der Waals surface area contributed by atoms with Gasteiger partial charge in [0.25, 0.3) is 0 Å². The number of hydrogen-bond acceptors (Lipinski definition) is 5. The van der Waals surface area contributed by atoms with Crippen LogP contribution in [0.3, 0.4) is 0 Å². The lowest BCUT2D eigenvalue weighted by atomic mass is 9.84. The summed E-state index contributed by atoms with van der Waals surface area (Å²) in [5.41, 5.74) is 4.33. The molecule has 1 aromatic heterocycles. The van der Waals surface area contributed by atoms with Gasteiger partial charge >= 0.3 is 6.16 Å². The summed E-state index contributed by atoms with van der Waals surface area (Å²) in [6.07, 6.45) is 0.328. The number of oxime groups is 1. The van der Waals surface area contributed by atoms with Gasteiger partial charge in [-0.2, -0.15) is 0 Å². The normalized spacial score (nSPS) is 12.3. The van der Waals surface area contributed by atoms with E-state index in [9.17, 15) is 14.8 Å². The van der Waals surface area contributed by atoms with E-state index in [2.05, 4.69) is 5.16 Å². The van der Waals surface area contributed by atoms with Crippen molar-refractivity contribution in [1.29, 1.82) is 0 Å². The molecule has 0 radical (unpaired) electrons. The van der Waals surface area contributed by atoms with Crippen LogP contribution in [-0.4, -0.2) is 26.7 Å². The second kappa shape index (κ2) is 11.3. The molecule has 0 aliphatic carbocycles. The van der Waals surface area contributed by atoms with Gasteiger partial charge in [-0.1, -0.05) is 53.2 Å². The molecule has 7 nitrogen and oxygen atoms in total. The Morgan fingerprint density at radius 1 is 1.08 bits per heavy atom. The van der Waals surface area contributed by atoms with Gasteiger partial charge in [0.05, 0.1) is 5.71 Å². The lowest BCUT2D eigenvalue weighted by Crippen LogP contribution is -2.18. The van der Waals surface area contributed by atoms with Crippen molar-refractivity contribution in [2.24, 2.45) is 12.2 Å². The van der Waals surface area contributed by atoms with E-state index in [0.717, 1.165) is 22.3 Å². The van der Waals surface area contributed by atoms with E-state index >= 15 is 4.39 Å². The van der Waals surface area contributed by atoms with Gasteiger partial charge in [-0.3, -0.25) is 4.79 Å². The average Bonchev–Trinajstić information content (AvgIpc) is 2.87. The molecule has 0 amide bonds. The molecular formula is C29H24ClFN2O5. The quantitative estimate of drug-likeness (QED) is 0.0913. The van der Waals surface area contributed by atoms with Crippen LogP contribution in [0.2, 0.25) is 5.02 Å². The van der Waals surface area contributed by atoms with E-state index in [4.69, 9.17) is 21.4 Å². The second-order valence-electron chi connectivity index (χ2n) is 8.80. The van der Waals surface area contributed by atoms with Gasteiger partial charge in [0.1, 0.15) is 11.6 Å². The van der Waals surface area contributed by atoms with Gasteiger partial charge in [0, 0.05) is 42.2 Å². The van der Waals surface area contributed by atoms with Crippen LogP contribution >= 0.6 is 11.6 Å². The van der Waals surface area contributed by atoms with Crippen molar-refractivity contribution in [1.82, 2.24) is 4.57 Å². The van der Waals surface area contributed by atoms with Crippen LogP contribution in [0.25, 0.3) is 11.1 Å². The molecule has 4 rings (SSSR count). The maximum Gasteiger partial charge on any atom is 0.511 e. The van der Waals surface area contributed by atoms with Crippen molar-refractivity contribution in [2.45, 2.75) is 19.3 Å². The van der Waals surface area contributed by atoms with E-state index in [0.29, 0.717) is 11.1 Å². The third-order valence-corrected chi connectivity index (χ3v) is 6.54. The van der Waals surface area contributed by atoms with Crippen LogP contribution in [0.1, 0.15) is 34.6 Å². The third-order valence-electron chi connectivity index (χ3n) is 6.30. The molecule has 2 N–H and O–H groups in total. The minimum absolute atomic E-state index is 0.146. The van der Waals surface area contributed by atoms with Crippen LogP contribution in [-0.2, 0) is 7.05 Å². The summed E-state index contributed by atoms with van der Waals surface area (Å²) in [6, 6.07) is 19.9. The molecule has 1 heterocycles. The lowest BCUT2D eigenvalue weighted by Gasteiger charge is -2.20. The second-order valence-corrected chi connectivity index (χ2v) is 9.24. The number of carboxylic acid groups (broad SMARTS) is 1. The number of hydrogen-bond donors (Lipinski definition) is 2. The topological polar surface area (TPSA) is 101 Å². The Morgan fingerprint density at radius 3 is 2.42 bits per heavy atom. The van der Waals surface area contributed by atoms with E-state index in [-0.39, 0.29) is 28.5 Å². The molecule has 1 atom stereocenters. The number of aromatic nitrogens is 1. The zero-order valence-electron chi connectivity index (χ0n) is 20.6. The highest BCUT2D eigenvalue weighted by atomic mass is 35.5. The van der Waals surface area contributed by atoms with Crippen LogP contribution in [0.4, 0.5) is 9.18 Å². The number of aryl methyl sites for hydroxylation is 2. The highest BCUT2D eigenvalue weighted by Gasteiger charge is 2.22. The van der Waals surface area contributed by atoms with Crippen molar-refractivity contribution >= 4 is 23.5 Å². The van der Waals surface area contributed by atoms with Crippen molar-refractivity contribution < 1.29 is 24.2 Å². The summed E-state index contributed by atoms with van der Waals surface area (Å²) >= 11 is 5.99. The predicted molar refractivity (Wildman–Crippen MR) is 143 cm³/mol. The van der Waals surface area contributed by atoms with Gasteiger partial charge in [0.15, 0.2) is 0 Å². The van der Waals surface area contributed by atoms with Crippen LogP contribution < -0.4 is 10.3 Å². The monoisotopic (exact) mass is 534 g/mol. The van der Waals surface area contributed by atoms with Crippen molar-refractivity contribution in [3.05, 3.63) is 122 Å². The van der Waals surface area contributed by atoms with Gasteiger partial charge in [0.2, 0.25) is 5.56 Å². The standard InChI is InChI=1S/C29H24ClFN2O5/c1-17-13-22(38-29(35)36)9-11-23(17)18-3-5-19(6-4-18)25(24-10-8-21(30)14-26(24)31)15-27(32-37)20-7-12-28(34)33(2)16-20/h3-14,16,25,37H,15H2,1-2H3,(H,35,36)/b32-27+/t25-/m0/s1. The number of nitrogens with zero attached hydrogens (tertiary/aromatic N) is 2. The molecule has 194 valence electrons. The van der Waals surface area contributed by atoms with Crippen molar-refractivity contribution in [3.63, 3.8) is 0 Å². The van der Waals surface area contributed by atoms with Crippen LogP contribution in [0.15, 0.2) is 88.9 Å². The molecular weight excluding hydrogens is 511 g/mol. The van der Waals surface area contributed by atoms with Gasteiger partial charge in [-0.15, -0.1) is 0 Å². The first-order chi connectivity index (χ1) is 18.2. The first-order valence-electron chi connectivity index (χ1n) is 11.6. The molecule has 3 aromatic carbocycles. The van der Waals surface area contributed by atoms with E-state index in [1.54, 1.807) is 49.6 Å². The van der Waals surface area contributed by atoms with E-state index < -0.39 is 17.9 Å². The van der Waals surface area contributed by atoms with Crippen LogP contribution in [0, 0.1) is 12.7 Å². The molecule has 4 aromatic rings. The van der Waals surface area contributed by atoms with E-state index in [1.165, 1.54) is 16.7 Å². The van der Waals surface area contributed by atoms with Gasteiger partial charge in [-0.05, 0) is 65.1 Å². The largest absolute Gasteiger partial charge is 0.511 e. The molecule has 38 heavy (non-hydrogen) atoms. The van der Waals surface area contributed by atoms with Gasteiger partial charge < -0.3 is 19.6 Å². The highest BCUT2D eigenvalue weighted by Crippen LogP contribution is 2.35. The molecule has 0 aliphatic heterocycles. The number of carbonyl (C=O) groups is 1. The summed E-state index contributed by atoms with van der Waals surface area (Å²) in [7, 11) is 1.60. The molecule has 0 saturated heterocycles. The SMILES string of the molecule is Cc1cc(OC(=O)O)ccc1-c1ccc([C@H](C/C(=N\O)c2ccc(=O)n(C)c2)c2ccc(Cl)cc2F)cc1. The fourth-order valence-electron chi connectivity index (χ4n) is 4.39. The highest BCUT2D eigenvalue weighted by molar-refractivity contribution is 6.30. The first kappa shape index (κ1) is 26.6. The number of rotatable bonds is 7. The fraction of sp³-hybridized carbons (Fsp3) is 0.138. The summed E-state index contributed by atoms with van der Waals surface area (Å²) in [5.74, 6) is -0.797. The predicted octanol–water partition coefficient (Wildman–Crippen LogP) is 6.61. The Bertz CT molecular complexity index is 1580. The summed E-state index contributed by atoms with van der Waals surface area (Å²) in [6.45, 7) is 1.85. The van der Waals surface area contributed by atoms with Crippen molar-refractivity contribution in [2.75, 3.05) is 0 Å². The first-order valence-corrected chi connectivity index (χ1v) is 12.0. The van der Waals surface area contributed by atoms with Crippen molar-refractivity contribution in [3.8, 4) is 16.9 Å². The lowest BCUT2D eigenvalue weighted by molar-refractivity contribution is 0.144. The Morgan fingerprint density at radius 2 is 1.82 bits per heavy atom. The molecule has 0 unspecified atom stereocenters. The van der Waals surface area contributed by atoms with Gasteiger partial charge in [-0.25, -0.2) is 9.18 Å². The maximum atomic E-state index is 15.1. The Hall–Kier alpha value is -4.43. The maximum absolute atomic E-state index is 15.1. The zero-order chi connectivity index (χ0) is 27.4. The molecule has 0 bridgehead atoms. The smallest absolute Gasteiger partial charge is 0.449 e. The molecule has 0 aliphatic rings. The summed E-state index contributed by atoms with van der Waals surface area (Å²) in [5, 5.41) is 22.4. The molecule has 0 fully saturated rings. The number of benzene rings is 3. The number of pyridine rings is 1. The Labute approximate surface area is 223 Å². The summed E-state index contributed by atoms with van der Waals surface area (Å²) in [4.78, 5) is 22.6. The molecule has 0 spiro atoms. The molecule has 9 heteroatoms. The molecule has 0 saturated carbocycles. The summed E-state index contributed by atoms with van der Waals surface area (Å²) < 4.78 is 21.2. The zero-order valence-corrected chi connectivity index (χ0v) is 21.3. The number of ether oxygens (including phenoxy) is 1. The number of halogens is 2.